The summed E-state index contributed by atoms with van der Waals surface area (Å²) >= 11 is 5.71. The van der Waals surface area contributed by atoms with E-state index in [4.69, 9.17) is 16.3 Å². The highest BCUT2D eigenvalue weighted by Gasteiger charge is 2.56. The van der Waals surface area contributed by atoms with E-state index in [2.05, 4.69) is 5.32 Å². The van der Waals surface area contributed by atoms with Gasteiger partial charge < -0.3 is 10.1 Å². The molecule has 0 saturated heterocycles. The van der Waals surface area contributed by atoms with Gasteiger partial charge in [-0.15, -0.1) is 0 Å². The normalized spacial score (nSPS) is 15.6. The van der Waals surface area contributed by atoms with Crippen molar-refractivity contribution in [3.8, 4) is 0 Å². The molecule has 17 heavy (non-hydrogen) atoms. The number of hydrogen-bond acceptors (Lipinski definition) is 2. The predicted molar refractivity (Wildman–Crippen MR) is 60.1 cm³/mol. The number of ether oxygens (including phenoxy) is 1. The third-order valence-corrected chi connectivity index (χ3v) is 2.76. The van der Waals surface area contributed by atoms with E-state index >= 15 is 0 Å². The van der Waals surface area contributed by atoms with Gasteiger partial charge in [0.25, 0.3) is 0 Å². The van der Waals surface area contributed by atoms with Gasteiger partial charge in [0.2, 0.25) is 5.60 Å². The molecule has 0 saturated carbocycles. The van der Waals surface area contributed by atoms with Crippen molar-refractivity contribution < 1.29 is 17.9 Å². The van der Waals surface area contributed by atoms with Crippen LogP contribution in [0.5, 0.6) is 0 Å². The maximum absolute atomic E-state index is 13.2. The fourth-order valence-corrected chi connectivity index (χ4v) is 1.85. The molecule has 1 aromatic rings. The molecule has 0 fully saturated rings. The Morgan fingerprint density at radius 3 is 2.41 bits per heavy atom. The van der Waals surface area contributed by atoms with Crippen molar-refractivity contribution in [2.45, 2.75) is 11.8 Å². The summed E-state index contributed by atoms with van der Waals surface area (Å²) in [4.78, 5) is 0. The van der Waals surface area contributed by atoms with Gasteiger partial charge in [-0.05, 0) is 24.7 Å². The number of halogens is 4. The van der Waals surface area contributed by atoms with Crippen LogP contribution >= 0.6 is 11.6 Å². The van der Waals surface area contributed by atoms with Crippen LogP contribution < -0.4 is 5.32 Å². The number of rotatable bonds is 4. The van der Waals surface area contributed by atoms with Crippen molar-refractivity contribution in [1.29, 1.82) is 0 Å². The third kappa shape index (κ3) is 2.73. The molecule has 0 amide bonds. The number of methoxy groups -OCH3 is 1. The van der Waals surface area contributed by atoms with E-state index in [1.165, 1.54) is 31.3 Å². The molecular weight excluding hydrogens is 255 g/mol. The van der Waals surface area contributed by atoms with Gasteiger partial charge in [-0.2, -0.15) is 13.2 Å². The summed E-state index contributed by atoms with van der Waals surface area (Å²) in [5.41, 5.74) is -2.40. The number of nitrogens with one attached hydrogen (secondary N) is 1. The molecule has 0 bridgehead atoms. The fourth-order valence-electron chi connectivity index (χ4n) is 1.66. The Kier molecular flexibility index (Phi) is 4.41. The van der Waals surface area contributed by atoms with Crippen LogP contribution in [-0.4, -0.2) is 26.9 Å². The van der Waals surface area contributed by atoms with Crippen LogP contribution in [0.15, 0.2) is 24.3 Å². The largest absolute Gasteiger partial charge is 0.422 e. The summed E-state index contributed by atoms with van der Waals surface area (Å²) in [6.07, 6.45) is -4.53. The Labute approximate surface area is 103 Å². The van der Waals surface area contributed by atoms with Gasteiger partial charge in [0, 0.05) is 18.7 Å². The van der Waals surface area contributed by atoms with Gasteiger partial charge in [-0.25, -0.2) is 0 Å². The van der Waals surface area contributed by atoms with Crippen LogP contribution in [0.25, 0.3) is 0 Å². The number of hydrogen-bond donors (Lipinski definition) is 1. The highest BCUT2D eigenvalue weighted by Crippen LogP contribution is 2.41. The summed E-state index contributed by atoms with van der Waals surface area (Å²) in [5.74, 6) is 0. The van der Waals surface area contributed by atoms with Gasteiger partial charge in [-0.3, -0.25) is 0 Å². The first-order chi connectivity index (χ1) is 7.87. The zero-order chi connectivity index (χ0) is 13.1. The second-order valence-electron chi connectivity index (χ2n) is 3.57. The zero-order valence-corrected chi connectivity index (χ0v) is 10.2. The monoisotopic (exact) mass is 267 g/mol. The molecule has 1 aromatic carbocycles. The third-order valence-electron chi connectivity index (χ3n) is 2.52. The lowest BCUT2D eigenvalue weighted by Crippen LogP contribution is -2.50. The second kappa shape index (κ2) is 5.25. The first-order valence-electron chi connectivity index (χ1n) is 4.90. The van der Waals surface area contributed by atoms with Crippen LogP contribution in [0.1, 0.15) is 5.56 Å². The van der Waals surface area contributed by atoms with Crippen LogP contribution in [0.4, 0.5) is 13.2 Å². The average molecular weight is 268 g/mol. The molecule has 1 rings (SSSR count). The summed E-state index contributed by atoms with van der Waals surface area (Å²) in [5, 5.41) is 2.74. The molecule has 0 aliphatic heterocycles. The lowest BCUT2D eigenvalue weighted by atomic mass is 9.92. The topological polar surface area (TPSA) is 21.3 Å². The lowest BCUT2D eigenvalue weighted by molar-refractivity contribution is -0.274. The maximum atomic E-state index is 13.2. The van der Waals surface area contributed by atoms with Crippen molar-refractivity contribution in [2.75, 3.05) is 20.7 Å². The maximum Gasteiger partial charge on any atom is 0.422 e. The van der Waals surface area contributed by atoms with E-state index < -0.39 is 11.8 Å². The number of benzene rings is 1. The van der Waals surface area contributed by atoms with Crippen LogP contribution in [0, 0.1) is 0 Å². The summed E-state index contributed by atoms with van der Waals surface area (Å²) in [7, 11) is 2.47. The zero-order valence-electron chi connectivity index (χ0n) is 9.44. The molecule has 0 heterocycles. The lowest BCUT2D eigenvalue weighted by Gasteiger charge is -2.34. The van der Waals surface area contributed by atoms with Gasteiger partial charge in [-0.1, -0.05) is 23.7 Å². The Morgan fingerprint density at radius 2 is 2.00 bits per heavy atom. The highest BCUT2D eigenvalue weighted by molar-refractivity contribution is 6.30. The van der Waals surface area contributed by atoms with Crippen molar-refractivity contribution >= 4 is 11.6 Å². The standard InChI is InChI=1S/C11H13ClF3NO/c1-16-7-10(17-2,11(13,14)15)8-4-3-5-9(12)6-8/h3-6,16H,7H2,1-2H3. The molecular formula is C11H13ClF3NO. The minimum Gasteiger partial charge on any atom is -0.363 e. The first kappa shape index (κ1) is 14.3. The van der Waals surface area contributed by atoms with Crippen LogP contribution in [0.2, 0.25) is 5.02 Å². The quantitative estimate of drug-likeness (QED) is 0.906. The minimum atomic E-state index is -4.53. The number of likely N-dealkylation sites (N-methyl/N-ethyl adjacent to an activating group) is 1. The Morgan fingerprint density at radius 1 is 1.35 bits per heavy atom. The first-order valence-corrected chi connectivity index (χ1v) is 5.27. The van der Waals surface area contributed by atoms with Gasteiger partial charge in [0.1, 0.15) is 0 Å². The second-order valence-corrected chi connectivity index (χ2v) is 4.01. The molecule has 0 aromatic heterocycles. The molecule has 6 heteroatoms. The van der Waals surface area contributed by atoms with E-state index in [9.17, 15) is 13.2 Å². The molecule has 96 valence electrons. The van der Waals surface area contributed by atoms with E-state index in [0.29, 0.717) is 0 Å². The fraction of sp³-hybridized carbons (Fsp3) is 0.455. The summed E-state index contributed by atoms with van der Waals surface area (Å²) in [6.45, 7) is -0.382. The van der Waals surface area contributed by atoms with Gasteiger partial charge in [0.15, 0.2) is 0 Å². The number of alkyl halides is 3. The van der Waals surface area contributed by atoms with E-state index in [0.717, 1.165) is 7.11 Å². The van der Waals surface area contributed by atoms with Gasteiger partial charge >= 0.3 is 6.18 Å². The summed E-state index contributed by atoms with van der Waals surface area (Å²) in [6, 6.07) is 5.59. The highest BCUT2D eigenvalue weighted by atomic mass is 35.5. The molecule has 1 atom stereocenters. The molecule has 0 spiro atoms. The van der Waals surface area contributed by atoms with Gasteiger partial charge in [0.05, 0.1) is 0 Å². The SMILES string of the molecule is CNCC(OC)(c1cccc(Cl)c1)C(F)(F)F. The van der Waals surface area contributed by atoms with Crippen LogP contribution in [-0.2, 0) is 10.3 Å². The van der Waals surface area contributed by atoms with Crippen molar-refractivity contribution in [1.82, 2.24) is 5.32 Å². The Hall–Kier alpha value is -0.780. The van der Waals surface area contributed by atoms with Crippen molar-refractivity contribution in [2.24, 2.45) is 0 Å². The summed E-state index contributed by atoms with van der Waals surface area (Å²) < 4.78 is 44.3. The molecule has 2 nitrogen and oxygen atoms in total. The molecule has 1 unspecified atom stereocenters. The molecule has 1 N–H and O–H groups in total. The van der Waals surface area contributed by atoms with E-state index in [1.807, 2.05) is 0 Å². The molecule has 0 aliphatic rings. The average Bonchev–Trinajstić information content (AvgIpc) is 2.24. The van der Waals surface area contributed by atoms with E-state index in [1.54, 1.807) is 0 Å². The molecule has 0 radical (unpaired) electrons. The predicted octanol–water partition coefficient (Wildman–Crippen LogP) is 2.96. The Bertz CT molecular complexity index is 383. The Balaban J connectivity index is 3.32. The van der Waals surface area contributed by atoms with E-state index in [-0.39, 0.29) is 17.1 Å². The molecule has 0 aliphatic carbocycles. The van der Waals surface area contributed by atoms with Crippen molar-refractivity contribution in [3.63, 3.8) is 0 Å². The van der Waals surface area contributed by atoms with Crippen LogP contribution in [0.3, 0.4) is 0 Å². The minimum absolute atomic E-state index is 0.0191. The van der Waals surface area contributed by atoms with Crippen molar-refractivity contribution in [3.05, 3.63) is 34.9 Å². The smallest absolute Gasteiger partial charge is 0.363 e.